The van der Waals surface area contributed by atoms with Crippen LogP contribution in [0.15, 0.2) is 30.5 Å². The van der Waals surface area contributed by atoms with Gasteiger partial charge in [-0.1, -0.05) is 17.7 Å². The number of rotatable bonds is 4. The number of nitrogens with zero attached hydrogens (tertiary/aromatic N) is 4. The fraction of sp³-hybridized carbons (Fsp3) is 0.476. The Morgan fingerprint density at radius 1 is 1.31 bits per heavy atom. The number of piperidine rings is 1. The van der Waals surface area contributed by atoms with Crippen molar-refractivity contribution in [3.05, 3.63) is 46.6 Å². The Hall–Kier alpha value is -2.72. The first-order chi connectivity index (χ1) is 13.7. The lowest BCUT2D eigenvalue weighted by Gasteiger charge is -2.33. The van der Waals surface area contributed by atoms with Crippen molar-refractivity contribution in [3.8, 4) is 11.9 Å². The minimum absolute atomic E-state index is 0.205. The third kappa shape index (κ3) is 5.64. The average Bonchev–Trinajstić information content (AvgIpc) is 3.14. The molecule has 1 aromatic heterocycles. The highest BCUT2D eigenvalue weighted by Crippen LogP contribution is 2.25. The lowest BCUT2D eigenvalue weighted by molar-refractivity contribution is 0.0184. The van der Waals surface area contributed by atoms with Gasteiger partial charge < -0.3 is 14.4 Å². The van der Waals surface area contributed by atoms with E-state index in [4.69, 9.17) is 21.1 Å². The highest BCUT2D eigenvalue weighted by atomic mass is 35.5. The molecule has 0 atom stereocenters. The van der Waals surface area contributed by atoms with Crippen LogP contribution in [0.3, 0.4) is 0 Å². The molecule has 0 radical (unpaired) electrons. The van der Waals surface area contributed by atoms with Crippen LogP contribution in [0.5, 0.6) is 5.88 Å². The quantitative estimate of drug-likeness (QED) is 0.729. The van der Waals surface area contributed by atoms with E-state index in [1.165, 1.54) is 0 Å². The summed E-state index contributed by atoms with van der Waals surface area (Å²) in [6.45, 7) is 7.11. The summed E-state index contributed by atoms with van der Waals surface area (Å²) in [5.74, 6) is 0.499. The third-order valence-corrected chi connectivity index (χ3v) is 4.88. The zero-order valence-corrected chi connectivity index (χ0v) is 17.6. The zero-order valence-electron chi connectivity index (χ0n) is 16.9. The molecule has 3 rings (SSSR count). The summed E-state index contributed by atoms with van der Waals surface area (Å²) in [6, 6.07) is 9.28. The van der Waals surface area contributed by atoms with Crippen LogP contribution in [0.2, 0.25) is 5.02 Å². The lowest BCUT2D eigenvalue weighted by Crippen LogP contribution is -2.42. The molecule has 1 fully saturated rings. The molecule has 1 saturated heterocycles. The van der Waals surface area contributed by atoms with Gasteiger partial charge in [-0.2, -0.15) is 5.26 Å². The molecular weight excluding hydrogens is 392 g/mol. The predicted octanol–water partition coefficient (Wildman–Crippen LogP) is 4.56. The topological polar surface area (TPSA) is 80.4 Å². The number of benzene rings is 1. The Morgan fingerprint density at radius 3 is 2.69 bits per heavy atom. The first-order valence-electron chi connectivity index (χ1n) is 9.59. The van der Waals surface area contributed by atoms with E-state index < -0.39 is 5.60 Å². The highest BCUT2D eigenvalue weighted by Gasteiger charge is 2.27. The van der Waals surface area contributed by atoms with Crippen molar-refractivity contribution < 1.29 is 14.3 Å². The third-order valence-electron chi connectivity index (χ3n) is 4.64. The molecule has 8 heteroatoms. The molecule has 0 aliphatic carbocycles. The molecule has 2 heterocycles. The van der Waals surface area contributed by atoms with Crippen LogP contribution in [-0.4, -0.2) is 39.5 Å². The zero-order chi connectivity index (χ0) is 21.0. The fourth-order valence-electron chi connectivity index (χ4n) is 3.17. The summed E-state index contributed by atoms with van der Waals surface area (Å²) >= 11 is 5.92. The second-order valence-corrected chi connectivity index (χ2v) is 8.47. The van der Waals surface area contributed by atoms with Crippen molar-refractivity contribution in [2.75, 3.05) is 13.1 Å². The molecule has 1 aliphatic heterocycles. The number of hydrogen-bond acceptors (Lipinski definition) is 5. The maximum absolute atomic E-state index is 12.2. The molecule has 0 saturated carbocycles. The first-order valence-corrected chi connectivity index (χ1v) is 9.97. The first kappa shape index (κ1) is 21.0. The van der Waals surface area contributed by atoms with Crippen molar-refractivity contribution >= 4 is 17.7 Å². The van der Waals surface area contributed by atoms with Gasteiger partial charge in [-0.15, -0.1) is 5.10 Å². The van der Waals surface area contributed by atoms with Crippen LogP contribution in [-0.2, 0) is 11.3 Å². The molecule has 0 N–H and O–H groups in total. The van der Waals surface area contributed by atoms with E-state index in [0.29, 0.717) is 29.6 Å². The van der Waals surface area contributed by atoms with Gasteiger partial charge >= 0.3 is 6.09 Å². The molecule has 2 aromatic rings. The number of carbonyl (C=O) groups excluding carboxylic acids is 1. The van der Waals surface area contributed by atoms with E-state index in [1.807, 2.05) is 37.7 Å². The van der Waals surface area contributed by atoms with E-state index in [-0.39, 0.29) is 18.7 Å². The predicted molar refractivity (Wildman–Crippen MR) is 109 cm³/mol. The van der Waals surface area contributed by atoms with Gasteiger partial charge in [0.2, 0.25) is 5.88 Å². The van der Waals surface area contributed by atoms with Gasteiger partial charge in [-0.25, -0.2) is 4.79 Å². The second kappa shape index (κ2) is 8.75. The van der Waals surface area contributed by atoms with Crippen LogP contribution >= 0.6 is 11.6 Å². The molecule has 1 aromatic carbocycles. The van der Waals surface area contributed by atoms with Gasteiger partial charge in [0, 0.05) is 35.9 Å². The van der Waals surface area contributed by atoms with E-state index in [2.05, 4.69) is 11.2 Å². The molecule has 7 nitrogen and oxygen atoms in total. The van der Waals surface area contributed by atoms with Crippen molar-refractivity contribution in [3.63, 3.8) is 0 Å². The summed E-state index contributed by atoms with van der Waals surface area (Å²) in [5, 5.41) is 14.2. The maximum Gasteiger partial charge on any atom is 0.410 e. The number of carbonyl (C=O) groups is 1. The average molecular weight is 417 g/mol. The van der Waals surface area contributed by atoms with Crippen molar-refractivity contribution in [2.45, 2.75) is 51.9 Å². The highest BCUT2D eigenvalue weighted by molar-refractivity contribution is 6.30. The van der Waals surface area contributed by atoms with Crippen LogP contribution in [0, 0.1) is 11.3 Å². The summed E-state index contributed by atoms with van der Waals surface area (Å²) in [7, 11) is 0. The smallest absolute Gasteiger partial charge is 0.410 e. The largest absolute Gasteiger partial charge is 0.472 e. The number of halogens is 1. The number of ether oxygens (including phenoxy) is 2. The van der Waals surface area contributed by atoms with Gasteiger partial charge in [0.05, 0.1) is 17.7 Å². The van der Waals surface area contributed by atoms with Gasteiger partial charge in [-0.05, 0) is 45.7 Å². The summed E-state index contributed by atoms with van der Waals surface area (Å²) < 4.78 is 13.1. The minimum Gasteiger partial charge on any atom is -0.472 e. The number of hydrogen-bond donors (Lipinski definition) is 0. The normalized spacial score (nSPS) is 15.1. The number of nitriles is 1. The van der Waals surface area contributed by atoms with E-state index in [1.54, 1.807) is 23.1 Å². The van der Waals surface area contributed by atoms with Crippen LogP contribution in [0.4, 0.5) is 4.79 Å². The molecule has 0 spiro atoms. The van der Waals surface area contributed by atoms with Crippen molar-refractivity contribution in [1.29, 1.82) is 5.26 Å². The molecule has 29 heavy (non-hydrogen) atoms. The summed E-state index contributed by atoms with van der Waals surface area (Å²) in [6.07, 6.45) is 3.22. The number of likely N-dealkylation sites (tertiary alicyclic amines) is 1. The lowest BCUT2D eigenvalue weighted by atomic mass is 10.1. The van der Waals surface area contributed by atoms with E-state index in [0.717, 1.165) is 18.4 Å². The Kier molecular flexibility index (Phi) is 6.33. The molecule has 0 unspecified atom stereocenters. The van der Waals surface area contributed by atoms with Crippen LogP contribution in [0.25, 0.3) is 0 Å². The molecule has 1 amide bonds. The standard InChI is InChI=1S/C21H25ClN4O3/c1-21(2,3)29-20(27)25-9-6-18(7-10-25)26-11-8-19(24-26)28-14-15-4-5-17(22)12-16(15)13-23/h4-5,8,11-12,18H,6-7,9-10,14H2,1-3H3. The Balaban J connectivity index is 1.54. The molecule has 1 aliphatic rings. The molecular formula is C21H25ClN4O3. The maximum atomic E-state index is 12.2. The summed E-state index contributed by atoms with van der Waals surface area (Å²) in [4.78, 5) is 13.9. The Labute approximate surface area is 175 Å². The summed E-state index contributed by atoms with van der Waals surface area (Å²) in [5.41, 5.74) is 0.765. The van der Waals surface area contributed by atoms with Crippen LogP contribution in [0.1, 0.15) is 50.8 Å². The number of amides is 1. The van der Waals surface area contributed by atoms with Crippen LogP contribution < -0.4 is 4.74 Å². The monoisotopic (exact) mass is 416 g/mol. The van der Waals surface area contributed by atoms with Gasteiger partial charge in [0.15, 0.2) is 0 Å². The molecule has 154 valence electrons. The second-order valence-electron chi connectivity index (χ2n) is 8.03. The number of aromatic nitrogens is 2. The van der Waals surface area contributed by atoms with Crippen molar-refractivity contribution in [1.82, 2.24) is 14.7 Å². The van der Waals surface area contributed by atoms with E-state index in [9.17, 15) is 10.1 Å². The molecule has 0 bridgehead atoms. The Bertz CT molecular complexity index is 905. The van der Waals surface area contributed by atoms with Gasteiger partial charge in [-0.3, -0.25) is 4.68 Å². The minimum atomic E-state index is -0.488. The van der Waals surface area contributed by atoms with E-state index >= 15 is 0 Å². The van der Waals surface area contributed by atoms with Gasteiger partial charge in [0.25, 0.3) is 0 Å². The SMILES string of the molecule is CC(C)(C)OC(=O)N1CCC(n2ccc(OCc3ccc(Cl)cc3C#N)n2)CC1. The van der Waals surface area contributed by atoms with Crippen molar-refractivity contribution in [2.24, 2.45) is 0 Å². The van der Waals surface area contributed by atoms with Gasteiger partial charge in [0.1, 0.15) is 12.2 Å². The Morgan fingerprint density at radius 2 is 2.03 bits per heavy atom. The fourth-order valence-corrected chi connectivity index (χ4v) is 3.34.